The van der Waals surface area contributed by atoms with Gasteiger partial charge in [-0.3, -0.25) is 9.59 Å². The predicted molar refractivity (Wildman–Crippen MR) is 199 cm³/mol. The van der Waals surface area contributed by atoms with Crippen LogP contribution in [0.15, 0.2) is 110 Å². The highest BCUT2D eigenvalue weighted by Crippen LogP contribution is 2.54. The van der Waals surface area contributed by atoms with Gasteiger partial charge in [-0.2, -0.15) is 0 Å². The number of Topliss-reactive ketones (excluding diaryl/α,β-unsaturated/α-hetero) is 1. The molecule has 0 saturated carbocycles. The molecule has 47 heavy (non-hydrogen) atoms. The summed E-state index contributed by atoms with van der Waals surface area (Å²) in [6, 6.07) is 31.8. The minimum Gasteiger partial charge on any atom is -0.310 e. The first-order valence-corrected chi connectivity index (χ1v) is 16.1. The fraction of sp³-hybridized carbons (Fsp3) is 0.182. The van der Waals surface area contributed by atoms with E-state index in [-0.39, 0.29) is 22.4 Å². The number of carbonyl (C=O) groups is 2. The first-order valence-electron chi connectivity index (χ1n) is 16.1. The van der Waals surface area contributed by atoms with Gasteiger partial charge in [-0.05, 0) is 105 Å². The summed E-state index contributed by atoms with van der Waals surface area (Å²) >= 11 is 0. The van der Waals surface area contributed by atoms with Gasteiger partial charge in [-0.25, -0.2) is 0 Å². The molecular formula is C44H41NO2. The molecule has 1 heterocycles. The highest BCUT2D eigenvalue weighted by Gasteiger charge is 2.38. The van der Waals surface area contributed by atoms with E-state index < -0.39 is 0 Å². The smallest absolute Gasteiger partial charge is 0.186 e. The molecular weight excluding hydrogens is 574 g/mol. The number of ketones is 2. The van der Waals surface area contributed by atoms with E-state index in [1.165, 1.54) is 40.4 Å². The number of hydrogen-bond acceptors (Lipinski definition) is 3. The maximum Gasteiger partial charge on any atom is 0.186 e. The minimum atomic E-state index is -0.246. The second-order valence-corrected chi connectivity index (χ2v) is 13.9. The van der Waals surface area contributed by atoms with Gasteiger partial charge in [0.25, 0.3) is 0 Å². The van der Waals surface area contributed by atoms with Gasteiger partial charge in [0.2, 0.25) is 0 Å². The Hall–Kier alpha value is -5.28. The molecule has 1 aliphatic heterocycles. The van der Waals surface area contributed by atoms with Gasteiger partial charge in [-0.1, -0.05) is 115 Å². The van der Waals surface area contributed by atoms with E-state index in [9.17, 15) is 9.59 Å². The summed E-state index contributed by atoms with van der Waals surface area (Å²) in [5.74, 6) is -0.398. The topological polar surface area (TPSA) is 37.4 Å². The van der Waals surface area contributed by atoms with Crippen LogP contribution >= 0.6 is 0 Å². The number of nitrogens with zero attached hydrogens (tertiary/aromatic N) is 1. The van der Waals surface area contributed by atoms with Gasteiger partial charge in [0.05, 0.1) is 11.4 Å². The quantitative estimate of drug-likeness (QED) is 0.135. The van der Waals surface area contributed by atoms with Crippen molar-refractivity contribution < 1.29 is 9.59 Å². The third-order valence-corrected chi connectivity index (χ3v) is 9.43. The van der Waals surface area contributed by atoms with Crippen molar-refractivity contribution in [1.82, 2.24) is 0 Å². The van der Waals surface area contributed by atoms with Crippen LogP contribution in [0.3, 0.4) is 0 Å². The van der Waals surface area contributed by atoms with Crippen LogP contribution in [0.1, 0.15) is 95.6 Å². The standard InChI is InChI=1S/C44H41NO2/c1-9-30-26-36(28(3)46)37(27-31(30)10-2)41(47)24-16-29-15-22-35-32(25-29)17-23-40-42(35)44(7,8)38-13-11-12-14-39(38)45(40)34-20-18-33(19-21-34)43(4,5)6/h9-27H,1-2H2,3-8H3. The molecule has 0 atom stereocenters. The number of para-hydroxylation sites is 1. The number of rotatable bonds is 7. The Kier molecular flexibility index (Phi) is 7.97. The lowest BCUT2D eigenvalue weighted by Crippen LogP contribution is -2.31. The van der Waals surface area contributed by atoms with Gasteiger partial charge in [0, 0.05) is 22.2 Å². The van der Waals surface area contributed by atoms with E-state index in [2.05, 4.69) is 132 Å². The van der Waals surface area contributed by atoms with Gasteiger partial charge >= 0.3 is 0 Å². The second kappa shape index (κ2) is 11.8. The molecule has 0 bridgehead atoms. The molecule has 0 N–H and O–H groups in total. The lowest BCUT2D eigenvalue weighted by molar-refractivity contribution is 0.0993. The molecule has 0 radical (unpaired) electrons. The summed E-state index contributed by atoms with van der Waals surface area (Å²) in [6.07, 6.45) is 6.71. The molecule has 0 aliphatic carbocycles. The summed E-state index contributed by atoms with van der Waals surface area (Å²) in [6.45, 7) is 20.5. The molecule has 0 saturated heterocycles. The van der Waals surface area contributed by atoms with Crippen molar-refractivity contribution in [2.75, 3.05) is 4.90 Å². The predicted octanol–water partition coefficient (Wildman–Crippen LogP) is 11.6. The van der Waals surface area contributed by atoms with Gasteiger partial charge < -0.3 is 4.90 Å². The molecule has 6 rings (SSSR count). The number of carbonyl (C=O) groups excluding carboxylic acids is 2. The van der Waals surface area contributed by atoms with E-state index in [4.69, 9.17) is 0 Å². The molecule has 0 amide bonds. The number of anilines is 3. The van der Waals surface area contributed by atoms with Crippen LogP contribution in [-0.2, 0) is 10.8 Å². The van der Waals surface area contributed by atoms with Crippen molar-refractivity contribution in [3.63, 3.8) is 0 Å². The highest BCUT2D eigenvalue weighted by atomic mass is 16.1. The molecule has 0 fully saturated rings. The number of fused-ring (bicyclic) bond motifs is 4. The first kappa shape index (κ1) is 31.7. The van der Waals surface area contributed by atoms with Gasteiger partial charge in [0.1, 0.15) is 0 Å². The fourth-order valence-electron chi connectivity index (χ4n) is 6.88. The van der Waals surface area contributed by atoms with E-state index in [0.29, 0.717) is 11.1 Å². The third kappa shape index (κ3) is 5.57. The summed E-state index contributed by atoms with van der Waals surface area (Å²) < 4.78 is 0. The molecule has 5 aromatic carbocycles. The van der Waals surface area contributed by atoms with Crippen molar-refractivity contribution in [3.05, 3.63) is 155 Å². The van der Waals surface area contributed by atoms with Crippen LogP contribution in [0.25, 0.3) is 29.0 Å². The largest absolute Gasteiger partial charge is 0.310 e. The summed E-state index contributed by atoms with van der Waals surface area (Å²) in [5, 5.41) is 2.28. The van der Waals surface area contributed by atoms with Crippen LogP contribution in [0.2, 0.25) is 0 Å². The van der Waals surface area contributed by atoms with E-state index in [1.54, 1.807) is 30.4 Å². The molecule has 0 aromatic heterocycles. The van der Waals surface area contributed by atoms with Crippen molar-refractivity contribution in [2.45, 2.75) is 52.4 Å². The second-order valence-electron chi connectivity index (χ2n) is 13.9. The Morgan fingerprint density at radius 1 is 0.766 bits per heavy atom. The first-order chi connectivity index (χ1) is 22.3. The molecule has 3 nitrogen and oxygen atoms in total. The maximum absolute atomic E-state index is 13.4. The van der Waals surface area contributed by atoms with Crippen LogP contribution in [0.4, 0.5) is 17.1 Å². The summed E-state index contributed by atoms with van der Waals surface area (Å²) in [5.41, 5.74) is 10.4. The Balaban J connectivity index is 1.43. The number of benzene rings is 5. The van der Waals surface area contributed by atoms with Crippen LogP contribution in [-0.4, -0.2) is 11.6 Å². The van der Waals surface area contributed by atoms with Crippen LogP contribution in [0, 0.1) is 0 Å². The number of allylic oxidation sites excluding steroid dienone is 1. The van der Waals surface area contributed by atoms with Crippen molar-refractivity contribution >= 4 is 57.6 Å². The highest BCUT2D eigenvalue weighted by molar-refractivity contribution is 6.14. The Morgan fingerprint density at radius 2 is 1.43 bits per heavy atom. The van der Waals surface area contributed by atoms with Crippen LogP contribution < -0.4 is 4.90 Å². The van der Waals surface area contributed by atoms with Crippen LogP contribution in [0.5, 0.6) is 0 Å². The molecule has 0 spiro atoms. The minimum absolute atomic E-state index is 0.0750. The summed E-state index contributed by atoms with van der Waals surface area (Å²) in [4.78, 5) is 28.2. The monoisotopic (exact) mass is 615 g/mol. The average molecular weight is 616 g/mol. The summed E-state index contributed by atoms with van der Waals surface area (Å²) in [7, 11) is 0. The van der Waals surface area contributed by atoms with Gasteiger partial charge in [-0.15, -0.1) is 0 Å². The zero-order valence-electron chi connectivity index (χ0n) is 28.1. The fourth-order valence-corrected chi connectivity index (χ4v) is 6.88. The molecule has 0 unspecified atom stereocenters. The lowest BCUT2D eigenvalue weighted by Gasteiger charge is -2.42. The zero-order valence-corrected chi connectivity index (χ0v) is 28.1. The van der Waals surface area contributed by atoms with Gasteiger partial charge in [0.15, 0.2) is 11.6 Å². The normalized spacial score (nSPS) is 13.7. The van der Waals surface area contributed by atoms with E-state index in [0.717, 1.165) is 27.8 Å². The van der Waals surface area contributed by atoms with Crippen molar-refractivity contribution in [1.29, 1.82) is 0 Å². The zero-order chi connectivity index (χ0) is 33.7. The molecule has 5 aromatic rings. The Morgan fingerprint density at radius 3 is 2.06 bits per heavy atom. The number of hydrogen-bond donors (Lipinski definition) is 0. The lowest BCUT2D eigenvalue weighted by atomic mass is 9.71. The van der Waals surface area contributed by atoms with Crippen molar-refractivity contribution in [2.24, 2.45) is 0 Å². The average Bonchev–Trinajstić information content (AvgIpc) is 3.06. The SMILES string of the molecule is C=Cc1cc(C(C)=O)c(C(=O)C=Cc2ccc3c4c(ccc3c2)N(c2ccc(C(C)(C)C)cc2)c2ccccc2C4(C)C)cc1C=C. The maximum atomic E-state index is 13.4. The molecule has 3 heteroatoms. The van der Waals surface area contributed by atoms with E-state index >= 15 is 0 Å². The third-order valence-electron chi connectivity index (χ3n) is 9.43. The Bertz CT molecular complexity index is 2120. The van der Waals surface area contributed by atoms with Crippen molar-refractivity contribution in [3.8, 4) is 0 Å². The molecule has 234 valence electrons. The van der Waals surface area contributed by atoms with E-state index in [1.807, 2.05) is 6.08 Å². The Labute approximate surface area is 278 Å². The molecule has 1 aliphatic rings.